The SMILES string of the molecule is CCOC(=O)CNc1cc(SCC)c(OC)cc1[N+]#N.O=S(=O)([O-])[O-]. The summed E-state index contributed by atoms with van der Waals surface area (Å²) in [6, 6.07) is 3.41. The molecule has 0 aromatic heterocycles. The van der Waals surface area contributed by atoms with Crippen molar-refractivity contribution in [1.29, 1.82) is 5.39 Å². The van der Waals surface area contributed by atoms with Gasteiger partial charge in [-0.3, -0.25) is 13.2 Å². The molecule has 0 spiro atoms. The van der Waals surface area contributed by atoms with Gasteiger partial charge >= 0.3 is 11.7 Å². The fourth-order valence-electron chi connectivity index (χ4n) is 1.58. The topological polar surface area (TPSA) is 156 Å². The van der Waals surface area contributed by atoms with Crippen LogP contribution in [0.25, 0.3) is 4.98 Å². The lowest BCUT2D eigenvalue weighted by Crippen LogP contribution is -2.16. The molecule has 1 N–H and O–H groups in total. The van der Waals surface area contributed by atoms with E-state index >= 15 is 0 Å². The predicted octanol–water partition coefficient (Wildman–Crippen LogP) is 1.93. The fourth-order valence-corrected chi connectivity index (χ4v) is 2.38. The Hall–Kier alpha value is -2.07. The van der Waals surface area contributed by atoms with Crippen LogP contribution in [-0.2, 0) is 19.9 Å². The lowest BCUT2D eigenvalue weighted by Gasteiger charge is -2.09. The summed E-state index contributed by atoms with van der Waals surface area (Å²) in [5, 5.41) is 11.9. The van der Waals surface area contributed by atoms with Crippen molar-refractivity contribution in [3.05, 3.63) is 17.1 Å². The predicted molar refractivity (Wildman–Crippen MR) is 89.7 cm³/mol. The molecule has 25 heavy (non-hydrogen) atoms. The van der Waals surface area contributed by atoms with Gasteiger partial charge in [-0.05, 0) is 18.7 Å². The zero-order chi connectivity index (χ0) is 19.5. The summed E-state index contributed by atoms with van der Waals surface area (Å²) in [4.78, 5) is 15.5. The van der Waals surface area contributed by atoms with Gasteiger partial charge in [0.05, 0.1) is 24.7 Å². The number of nitrogens with zero attached hydrogens (tertiary/aromatic N) is 2. The first kappa shape index (κ1) is 22.9. The molecule has 1 aromatic rings. The van der Waals surface area contributed by atoms with E-state index in [1.807, 2.05) is 6.92 Å². The first-order chi connectivity index (χ1) is 11.7. The van der Waals surface area contributed by atoms with E-state index in [-0.39, 0.29) is 12.5 Å². The number of methoxy groups -OCH3 is 1. The Morgan fingerprint density at radius 1 is 1.36 bits per heavy atom. The minimum atomic E-state index is -5.17. The Morgan fingerprint density at radius 2 is 1.96 bits per heavy atom. The highest BCUT2D eigenvalue weighted by Crippen LogP contribution is 2.38. The molecule has 0 saturated carbocycles. The van der Waals surface area contributed by atoms with Crippen LogP contribution in [0.2, 0.25) is 0 Å². The number of rotatable bonds is 7. The molecule has 0 aliphatic heterocycles. The van der Waals surface area contributed by atoms with Crippen molar-refractivity contribution in [2.24, 2.45) is 0 Å². The lowest BCUT2D eigenvalue weighted by molar-refractivity contribution is -0.140. The number of hydrogen-bond acceptors (Lipinski definition) is 10. The summed E-state index contributed by atoms with van der Waals surface area (Å²) < 4.78 is 44.2. The number of hydrogen-bond donors (Lipinski definition) is 1. The van der Waals surface area contributed by atoms with Gasteiger partial charge in [-0.15, -0.1) is 11.8 Å². The van der Waals surface area contributed by atoms with Crippen molar-refractivity contribution < 1.29 is 31.8 Å². The lowest BCUT2D eigenvalue weighted by atomic mass is 10.2. The van der Waals surface area contributed by atoms with E-state index in [1.165, 1.54) is 0 Å². The fraction of sp³-hybridized carbons (Fsp3) is 0.462. The van der Waals surface area contributed by atoms with Gasteiger partial charge < -0.3 is 23.9 Å². The molecule has 0 radical (unpaired) electrons. The molecule has 12 heteroatoms. The minimum Gasteiger partial charge on any atom is -0.759 e. The van der Waals surface area contributed by atoms with Crippen LogP contribution in [0.5, 0.6) is 5.75 Å². The minimum absolute atomic E-state index is 0.0128. The molecule has 0 aliphatic carbocycles. The van der Waals surface area contributed by atoms with Crippen LogP contribution in [0.1, 0.15) is 13.8 Å². The molecule has 0 amide bonds. The molecule has 140 valence electrons. The molecule has 0 aliphatic rings. The van der Waals surface area contributed by atoms with Crippen molar-refractivity contribution in [2.75, 3.05) is 31.3 Å². The monoisotopic (exact) mass is 392 g/mol. The Labute approximate surface area is 150 Å². The summed E-state index contributed by atoms with van der Waals surface area (Å²) >= 11 is 1.60. The summed E-state index contributed by atoms with van der Waals surface area (Å²) in [5.74, 6) is 1.15. The van der Waals surface area contributed by atoms with Crippen LogP contribution < -0.4 is 10.1 Å². The van der Waals surface area contributed by atoms with E-state index in [9.17, 15) is 4.79 Å². The summed E-state index contributed by atoms with van der Waals surface area (Å²) in [6.45, 7) is 4.12. The van der Waals surface area contributed by atoms with Crippen LogP contribution in [0.4, 0.5) is 11.4 Å². The van der Waals surface area contributed by atoms with Gasteiger partial charge in [-0.1, -0.05) is 6.92 Å². The van der Waals surface area contributed by atoms with Crippen LogP contribution >= 0.6 is 11.8 Å². The van der Waals surface area contributed by atoms with Gasteiger partial charge in [-0.25, -0.2) is 0 Å². The zero-order valence-corrected chi connectivity index (χ0v) is 15.5. The number of thioether (sulfide) groups is 1. The molecular weight excluding hydrogens is 374 g/mol. The molecule has 1 rings (SSSR count). The van der Waals surface area contributed by atoms with E-state index in [0.29, 0.717) is 23.7 Å². The van der Waals surface area contributed by atoms with Gasteiger partial charge in [0.1, 0.15) is 18.0 Å². The molecule has 1 aromatic carbocycles. The molecule has 0 atom stereocenters. The second-order valence-electron chi connectivity index (χ2n) is 4.12. The zero-order valence-electron chi connectivity index (χ0n) is 13.8. The van der Waals surface area contributed by atoms with Crippen molar-refractivity contribution in [3.8, 4) is 5.75 Å². The molecule has 0 fully saturated rings. The molecule has 10 nitrogen and oxygen atoms in total. The van der Waals surface area contributed by atoms with E-state index in [2.05, 4.69) is 10.3 Å². The molecule has 0 bridgehead atoms. The smallest absolute Gasteiger partial charge is 0.411 e. The van der Waals surface area contributed by atoms with Crippen LogP contribution in [0, 0.1) is 5.39 Å². The summed E-state index contributed by atoms with van der Waals surface area (Å²) in [7, 11) is -3.61. The number of benzene rings is 1. The Balaban J connectivity index is 0.00000101. The van der Waals surface area contributed by atoms with Crippen molar-refractivity contribution in [3.63, 3.8) is 0 Å². The number of nitrogens with one attached hydrogen (secondary N) is 1. The third-order valence-corrected chi connectivity index (χ3v) is 3.34. The van der Waals surface area contributed by atoms with Crippen LogP contribution in [0.3, 0.4) is 0 Å². The largest absolute Gasteiger partial charge is 0.759 e. The highest BCUT2D eigenvalue weighted by Gasteiger charge is 2.19. The third-order valence-electron chi connectivity index (χ3n) is 2.42. The van der Waals surface area contributed by atoms with Gasteiger partial charge in [0.2, 0.25) is 5.39 Å². The van der Waals surface area contributed by atoms with Gasteiger partial charge in [0.15, 0.2) is 4.98 Å². The van der Waals surface area contributed by atoms with E-state index in [4.69, 9.17) is 32.4 Å². The average Bonchev–Trinajstić information content (AvgIpc) is 2.52. The van der Waals surface area contributed by atoms with E-state index in [0.717, 1.165) is 10.6 Å². The Bertz CT molecular complexity index is 709. The normalized spacial score (nSPS) is 10.1. The van der Waals surface area contributed by atoms with E-state index < -0.39 is 10.4 Å². The van der Waals surface area contributed by atoms with E-state index in [1.54, 1.807) is 37.9 Å². The van der Waals surface area contributed by atoms with Gasteiger partial charge in [0, 0.05) is 10.4 Å². The van der Waals surface area contributed by atoms with Gasteiger partial charge in [-0.2, -0.15) is 0 Å². The molecule has 0 heterocycles. The average molecular weight is 392 g/mol. The van der Waals surface area contributed by atoms with Crippen molar-refractivity contribution in [1.82, 2.24) is 0 Å². The number of ether oxygens (including phenoxy) is 2. The van der Waals surface area contributed by atoms with Crippen LogP contribution in [-0.4, -0.2) is 49.5 Å². The van der Waals surface area contributed by atoms with Crippen LogP contribution in [0.15, 0.2) is 17.0 Å². The number of carbonyl (C=O) groups is 1. The van der Waals surface area contributed by atoms with Crippen molar-refractivity contribution >= 4 is 39.5 Å². The molecule has 0 saturated heterocycles. The first-order valence-electron chi connectivity index (χ1n) is 6.92. The third kappa shape index (κ3) is 10.4. The second kappa shape index (κ2) is 11.5. The quantitative estimate of drug-likeness (QED) is 0.239. The Kier molecular flexibility index (Phi) is 10.5. The second-order valence-corrected chi connectivity index (χ2v) is 6.24. The number of anilines is 1. The molecular formula is C13H18N3O7S2-. The van der Waals surface area contributed by atoms with Crippen molar-refractivity contribution in [2.45, 2.75) is 18.7 Å². The number of esters is 1. The highest BCUT2D eigenvalue weighted by atomic mass is 32.3. The molecule has 0 unspecified atom stereocenters. The maximum Gasteiger partial charge on any atom is 0.411 e. The maximum absolute atomic E-state index is 11.3. The summed E-state index contributed by atoms with van der Waals surface area (Å²) in [6.07, 6.45) is 0. The van der Waals surface area contributed by atoms with Gasteiger partial charge in [0.25, 0.3) is 0 Å². The Morgan fingerprint density at radius 3 is 2.40 bits per heavy atom. The maximum atomic E-state index is 11.3. The number of diazo groups is 1. The number of carbonyl (C=O) groups excluding carboxylic acids is 1. The standard InChI is InChI=1S/C13H18N3O3S.H2O4S/c1-4-19-13(17)8-15-9-7-12(20-5-2)11(18-3)6-10(9)16-14;1-5(2,3)4/h6-7,15H,4-5,8H2,1-3H3;(H2,1,2,3,4)/q+1;/p-2. The summed E-state index contributed by atoms with van der Waals surface area (Å²) in [5.41, 5.74) is 0.865. The highest BCUT2D eigenvalue weighted by molar-refractivity contribution is 7.99. The first-order valence-corrected chi connectivity index (χ1v) is 9.24.